The van der Waals surface area contributed by atoms with Crippen molar-refractivity contribution >= 4 is 51.5 Å². The monoisotopic (exact) mass is 585 g/mol. The van der Waals surface area contributed by atoms with Crippen LogP contribution in [0.4, 0.5) is 11.4 Å². The van der Waals surface area contributed by atoms with Gasteiger partial charge in [-0.1, -0.05) is 0 Å². The SMILES string of the molecule is COC(=O)[C@]1(C)Nc2c(OC(C)C)cc3c(c2C1=O)[C@H](CCl)CN3C(=O)c1cc2cc(OC)c(OC)c(OC)c2[nH]1. The zero-order valence-electron chi connectivity index (χ0n) is 23.9. The minimum atomic E-state index is -1.65. The van der Waals surface area contributed by atoms with Crippen LogP contribution < -0.4 is 29.2 Å². The van der Waals surface area contributed by atoms with Crippen molar-refractivity contribution in [3.05, 3.63) is 35.0 Å². The van der Waals surface area contributed by atoms with Crippen LogP contribution >= 0.6 is 11.6 Å². The number of esters is 1. The summed E-state index contributed by atoms with van der Waals surface area (Å²) in [4.78, 5) is 45.4. The van der Waals surface area contributed by atoms with Crippen molar-refractivity contribution in [2.45, 2.75) is 38.3 Å². The summed E-state index contributed by atoms with van der Waals surface area (Å²) in [5, 5.41) is 3.73. The Balaban J connectivity index is 1.67. The number of amides is 1. The zero-order chi connectivity index (χ0) is 29.8. The summed E-state index contributed by atoms with van der Waals surface area (Å²) in [5.74, 6) is -0.192. The summed E-state index contributed by atoms with van der Waals surface area (Å²) in [6.07, 6.45) is -0.250. The lowest BCUT2D eigenvalue weighted by Crippen LogP contribution is -2.47. The summed E-state index contributed by atoms with van der Waals surface area (Å²) < 4.78 is 27.6. The van der Waals surface area contributed by atoms with Gasteiger partial charge in [0.25, 0.3) is 5.91 Å². The molecule has 5 rings (SSSR count). The Labute approximate surface area is 242 Å². The molecule has 3 heterocycles. The molecule has 0 saturated heterocycles. The molecule has 1 amide bonds. The van der Waals surface area contributed by atoms with Crippen LogP contribution in [0, 0.1) is 0 Å². The molecule has 1 aromatic heterocycles. The van der Waals surface area contributed by atoms with Crippen LogP contribution in [0.3, 0.4) is 0 Å². The number of alkyl halides is 1. The molecule has 2 aliphatic rings. The van der Waals surface area contributed by atoms with Crippen molar-refractivity contribution in [1.29, 1.82) is 0 Å². The second kappa shape index (κ2) is 10.4. The average molecular weight is 586 g/mol. The van der Waals surface area contributed by atoms with Crippen molar-refractivity contribution < 1.29 is 38.1 Å². The molecule has 2 aromatic carbocycles. The smallest absolute Gasteiger partial charge is 0.339 e. The lowest BCUT2D eigenvalue weighted by molar-refractivity contribution is -0.143. The van der Waals surface area contributed by atoms with Gasteiger partial charge < -0.3 is 38.9 Å². The van der Waals surface area contributed by atoms with E-state index in [-0.39, 0.29) is 41.6 Å². The van der Waals surface area contributed by atoms with E-state index in [1.54, 1.807) is 23.1 Å². The second-order valence-electron chi connectivity index (χ2n) is 10.4. The lowest BCUT2D eigenvalue weighted by atomic mass is 9.89. The number of carbonyl (C=O) groups is 3. The largest absolute Gasteiger partial charge is 0.493 e. The predicted octanol–water partition coefficient (Wildman–Crippen LogP) is 4.50. The molecule has 0 saturated carbocycles. The van der Waals surface area contributed by atoms with Gasteiger partial charge in [-0.15, -0.1) is 11.6 Å². The molecule has 2 aliphatic heterocycles. The van der Waals surface area contributed by atoms with Gasteiger partial charge in [-0.2, -0.15) is 0 Å². The second-order valence-corrected chi connectivity index (χ2v) is 10.7. The number of benzene rings is 2. The number of H-pyrrole nitrogens is 1. The number of hydrogen-bond acceptors (Lipinski definition) is 9. The number of methoxy groups -OCH3 is 4. The van der Waals surface area contributed by atoms with Gasteiger partial charge in [-0.25, -0.2) is 4.79 Å². The van der Waals surface area contributed by atoms with Crippen LogP contribution in [0.1, 0.15) is 53.1 Å². The molecule has 41 heavy (non-hydrogen) atoms. The molecule has 0 radical (unpaired) electrons. The fraction of sp³-hybridized carbons (Fsp3) is 0.414. The first kappa shape index (κ1) is 28.4. The first-order valence-corrected chi connectivity index (χ1v) is 13.6. The Morgan fingerprint density at radius 2 is 1.78 bits per heavy atom. The molecule has 2 atom stereocenters. The number of fused-ring (bicyclic) bond motifs is 4. The number of ether oxygens (including phenoxy) is 5. The van der Waals surface area contributed by atoms with Gasteiger partial charge >= 0.3 is 5.97 Å². The number of nitrogens with one attached hydrogen (secondary N) is 2. The predicted molar refractivity (Wildman–Crippen MR) is 154 cm³/mol. The van der Waals surface area contributed by atoms with E-state index >= 15 is 0 Å². The highest BCUT2D eigenvalue weighted by atomic mass is 35.5. The van der Waals surface area contributed by atoms with Gasteiger partial charge in [0.2, 0.25) is 11.5 Å². The Hall–Kier alpha value is -4.12. The van der Waals surface area contributed by atoms with Crippen molar-refractivity contribution in [2.24, 2.45) is 0 Å². The van der Waals surface area contributed by atoms with Crippen LogP contribution in [0.25, 0.3) is 10.9 Å². The molecule has 218 valence electrons. The third-order valence-electron chi connectivity index (χ3n) is 7.51. The maximum atomic E-state index is 14.1. The molecule has 0 spiro atoms. The van der Waals surface area contributed by atoms with Gasteiger partial charge in [-0.3, -0.25) is 9.59 Å². The maximum Gasteiger partial charge on any atom is 0.339 e. The first-order chi connectivity index (χ1) is 19.5. The van der Waals surface area contributed by atoms with Gasteiger partial charge in [-0.05, 0) is 38.5 Å². The molecule has 3 aromatic rings. The van der Waals surface area contributed by atoms with Gasteiger partial charge in [0.15, 0.2) is 17.0 Å². The minimum absolute atomic E-state index is 0.144. The summed E-state index contributed by atoms with van der Waals surface area (Å²) in [7, 11) is 5.76. The molecule has 0 fully saturated rings. The highest BCUT2D eigenvalue weighted by Crippen LogP contribution is 2.52. The molecule has 2 N–H and O–H groups in total. The van der Waals surface area contributed by atoms with Crippen molar-refractivity contribution in [2.75, 3.05) is 51.1 Å². The Kier molecular flexibility index (Phi) is 7.19. The highest BCUT2D eigenvalue weighted by molar-refractivity contribution is 6.27. The third kappa shape index (κ3) is 4.21. The van der Waals surface area contributed by atoms with Crippen LogP contribution in [-0.2, 0) is 9.53 Å². The van der Waals surface area contributed by atoms with Crippen LogP contribution in [0.15, 0.2) is 18.2 Å². The number of halogens is 1. The van der Waals surface area contributed by atoms with Crippen molar-refractivity contribution in [3.8, 4) is 23.0 Å². The highest BCUT2D eigenvalue weighted by Gasteiger charge is 2.53. The molecular formula is C29H32ClN3O8. The van der Waals surface area contributed by atoms with Gasteiger partial charge in [0, 0.05) is 29.8 Å². The zero-order valence-corrected chi connectivity index (χ0v) is 24.6. The lowest BCUT2D eigenvalue weighted by Gasteiger charge is -2.21. The fourth-order valence-electron chi connectivity index (χ4n) is 5.64. The van der Waals surface area contributed by atoms with E-state index in [9.17, 15) is 14.4 Å². The average Bonchev–Trinajstić information content (AvgIpc) is 3.63. The number of hydrogen-bond donors (Lipinski definition) is 2. The third-order valence-corrected chi connectivity index (χ3v) is 7.88. The fourth-order valence-corrected chi connectivity index (χ4v) is 5.89. The van der Waals surface area contributed by atoms with Crippen LogP contribution in [0.2, 0.25) is 0 Å². The Bertz CT molecular complexity index is 1580. The van der Waals surface area contributed by atoms with Gasteiger partial charge in [0.05, 0.1) is 57.0 Å². The van der Waals surface area contributed by atoms with Gasteiger partial charge in [0.1, 0.15) is 11.4 Å². The number of nitrogens with zero attached hydrogens (tertiary/aromatic N) is 1. The summed E-state index contributed by atoms with van der Waals surface area (Å²) in [6, 6.07) is 5.18. The quantitative estimate of drug-likeness (QED) is 0.223. The number of carbonyl (C=O) groups excluding carboxylic acids is 3. The minimum Gasteiger partial charge on any atom is -0.493 e. The molecule has 0 aliphatic carbocycles. The summed E-state index contributed by atoms with van der Waals surface area (Å²) in [6.45, 7) is 5.39. The van der Waals surface area contributed by atoms with Crippen molar-refractivity contribution in [1.82, 2.24) is 4.98 Å². The molecule has 0 bridgehead atoms. The van der Waals surface area contributed by atoms with E-state index in [1.165, 1.54) is 35.4 Å². The van der Waals surface area contributed by atoms with E-state index in [4.69, 9.17) is 35.3 Å². The number of Topliss-reactive ketones (excluding diaryl/α,β-unsaturated/α-hetero) is 1. The van der Waals surface area contributed by atoms with E-state index in [1.807, 2.05) is 13.8 Å². The normalized spacial score (nSPS) is 19.2. The number of anilines is 2. The topological polar surface area (TPSA) is 128 Å². The van der Waals surface area contributed by atoms with E-state index < -0.39 is 17.3 Å². The number of aromatic amines is 1. The summed E-state index contributed by atoms with van der Waals surface area (Å²) in [5.41, 5.74) is 0.926. The maximum absolute atomic E-state index is 14.1. The number of rotatable bonds is 8. The van der Waals surface area contributed by atoms with Crippen molar-refractivity contribution in [3.63, 3.8) is 0 Å². The van der Waals surface area contributed by atoms with E-state index in [2.05, 4.69) is 10.3 Å². The Morgan fingerprint density at radius 1 is 1.07 bits per heavy atom. The molecule has 0 unspecified atom stereocenters. The Morgan fingerprint density at radius 3 is 2.37 bits per heavy atom. The molecule has 12 heteroatoms. The first-order valence-electron chi connectivity index (χ1n) is 13.0. The van der Waals surface area contributed by atoms with Crippen LogP contribution in [-0.4, -0.2) is 75.2 Å². The molecular weight excluding hydrogens is 554 g/mol. The number of ketones is 1. The standard InChI is InChI=1S/C29H32ClN3O8/c1-13(2)41-18-10-17-20(21-23(18)32-29(3,26(21)34)28(36)40-7)15(11-30)12-33(17)27(35)16-8-14-9-19(37-4)24(38-5)25(39-6)22(14)31-16/h8-10,13,15,31-32H,11-12H2,1-7H3/t15-,29-/m1/s1. The number of aromatic nitrogens is 1. The van der Waals surface area contributed by atoms with E-state index in [0.717, 1.165) is 0 Å². The van der Waals surface area contributed by atoms with E-state index in [0.29, 0.717) is 50.8 Å². The van der Waals surface area contributed by atoms with Crippen LogP contribution in [0.5, 0.6) is 23.0 Å². The summed E-state index contributed by atoms with van der Waals surface area (Å²) >= 11 is 6.41. The molecule has 11 nitrogen and oxygen atoms in total.